The standard InChI is InChI=1S/C24H20BrFN2O/c1-2-15-3-5-16(6-4-15)21-14-22-20-13-18(25)9-12-23(20)29-24(28(22)27-21)17-7-10-19(26)11-8-17/h3-13,22,24H,2,14H2,1H3. The SMILES string of the molecule is CCc1ccc(C2=NN3C(C2)c2cc(Br)ccc2OC3c2ccc(F)cc2)cc1. The van der Waals surface area contributed by atoms with Crippen molar-refractivity contribution in [3.8, 4) is 5.75 Å². The van der Waals surface area contributed by atoms with Crippen molar-refractivity contribution in [3.63, 3.8) is 0 Å². The van der Waals surface area contributed by atoms with Gasteiger partial charge < -0.3 is 4.74 Å². The number of rotatable bonds is 3. The molecule has 3 aromatic rings. The minimum absolute atomic E-state index is 0.0761. The molecule has 2 aliphatic rings. The molecule has 3 aromatic carbocycles. The number of benzene rings is 3. The molecule has 146 valence electrons. The Balaban J connectivity index is 1.57. The van der Waals surface area contributed by atoms with Gasteiger partial charge in [0.1, 0.15) is 11.6 Å². The van der Waals surface area contributed by atoms with E-state index in [4.69, 9.17) is 9.84 Å². The predicted octanol–water partition coefficient (Wildman–Crippen LogP) is 6.39. The zero-order valence-electron chi connectivity index (χ0n) is 16.0. The molecule has 0 radical (unpaired) electrons. The summed E-state index contributed by atoms with van der Waals surface area (Å²) >= 11 is 3.58. The van der Waals surface area contributed by atoms with Crippen LogP contribution < -0.4 is 4.74 Å². The third-order valence-corrected chi connectivity index (χ3v) is 6.10. The lowest BCUT2D eigenvalue weighted by atomic mass is 9.95. The van der Waals surface area contributed by atoms with E-state index in [-0.39, 0.29) is 18.1 Å². The van der Waals surface area contributed by atoms with Gasteiger partial charge in [-0.15, -0.1) is 0 Å². The summed E-state index contributed by atoms with van der Waals surface area (Å²) in [6.45, 7) is 2.15. The number of aryl methyl sites for hydroxylation is 1. The Kier molecular flexibility index (Phi) is 4.63. The van der Waals surface area contributed by atoms with E-state index in [0.29, 0.717) is 0 Å². The smallest absolute Gasteiger partial charge is 0.213 e. The molecule has 2 atom stereocenters. The minimum atomic E-state index is -0.387. The molecule has 0 aliphatic carbocycles. The Labute approximate surface area is 177 Å². The Hall–Kier alpha value is -2.66. The maximum atomic E-state index is 13.5. The molecule has 3 nitrogen and oxygen atoms in total. The zero-order valence-corrected chi connectivity index (χ0v) is 17.6. The van der Waals surface area contributed by atoms with Crippen LogP contribution >= 0.6 is 15.9 Å². The van der Waals surface area contributed by atoms with Crippen LogP contribution in [0.4, 0.5) is 4.39 Å². The van der Waals surface area contributed by atoms with Gasteiger partial charge in [-0.25, -0.2) is 9.40 Å². The van der Waals surface area contributed by atoms with E-state index >= 15 is 0 Å². The summed E-state index contributed by atoms with van der Waals surface area (Å²) in [6, 6.07) is 21.2. The molecular weight excluding hydrogens is 431 g/mol. The van der Waals surface area contributed by atoms with E-state index in [0.717, 1.165) is 45.5 Å². The molecule has 0 saturated carbocycles. The van der Waals surface area contributed by atoms with E-state index < -0.39 is 0 Å². The highest BCUT2D eigenvalue weighted by molar-refractivity contribution is 9.10. The Bertz CT molecular complexity index is 1080. The molecule has 0 aromatic heterocycles. The number of halogens is 2. The van der Waals surface area contributed by atoms with Crippen molar-refractivity contribution >= 4 is 21.6 Å². The zero-order chi connectivity index (χ0) is 20.0. The van der Waals surface area contributed by atoms with Crippen molar-refractivity contribution in [2.75, 3.05) is 0 Å². The maximum absolute atomic E-state index is 13.5. The van der Waals surface area contributed by atoms with Gasteiger partial charge in [0.15, 0.2) is 0 Å². The maximum Gasteiger partial charge on any atom is 0.213 e. The average molecular weight is 451 g/mol. The summed E-state index contributed by atoms with van der Waals surface area (Å²) in [7, 11) is 0. The molecule has 5 heteroatoms. The molecule has 0 amide bonds. The van der Waals surface area contributed by atoms with E-state index in [1.807, 2.05) is 17.1 Å². The van der Waals surface area contributed by atoms with Crippen LogP contribution in [0.2, 0.25) is 0 Å². The molecule has 5 rings (SSSR count). The molecule has 0 spiro atoms. The molecule has 2 aliphatic heterocycles. The highest BCUT2D eigenvalue weighted by Crippen LogP contribution is 2.48. The van der Waals surface area contributed by atoms with E-state index in [1.165, 1.54) is 17.7 Å². The van der Waals surface area contributed by atoms with Crippen LogP contribution in [-0.2, 0) is 6.42 Å². The molecule has 29 heavy (non-hydrogen) atoms. The summed E-state index contributed by atoms with van der Waals surface area (Å²) < 4.78 is 20.8. The van der Waals surface area contributed by atoms with Gasteiger partial charge in [0, 0.05) is 22.0 Å². The van der Waals surface area contributed by atoms with Crippen LogP contribution in [0.25, 0.3) is 0 Å². The second-order valence-electron chi connectivity index (χ2n) is 7.40. The number of hydrogen-bond acceptors (Lipinski definition) is 3. The highest BCUT2D eigenvalue weighted by atomic mass is 79.9. The second kappa shape index (κ2) is 7.30. The topological polar surface area (TPSA) is 24.8 Å². The first-order valence-electron chi connectivity index (χ1n) is 9.79. The fourth-order valence-electron chi connectivity index (χ4n) is 4.01. The minimum Gasteiger partial charge on any atom is -0.464 e. The van der Waals surface area contributed by atoms with Gasteiger partial charge in [0.2, 0.25) is 6.23 Å². The lowest BCUT2D eigenvalue weighted by Gasteiger charge is -2.38. The van der Waals surface area contributed by atoms with Crippen molar-refractivity contribution in [3.05, 3.63) is 99.3 Å². The van der Waals surface area contributed by atoms with Crippen LogP contribution in [-0.4, -0.2) is 10.7 Å². The lowest BCUT2D eigenvalue weighted by molar-refractivity contribution is -0.0191. The fraction of sp³-hybridized carbons (Fsp3) is 0.208. The van der Waals surface area contributed by atoms with Gasteiger partial charge in [-0.2, -0.15) is 5.10 Å². The van der Waals surface area contributed by atoms with Crippen LogP contribution in [0.1, 0.15) is 47.9 Å². The van der Waals surface area contributed by atoms with E-state index in [2.05, 4.69) is 53.2 Å². The van der Waals surface area contributed by atoms with Gasteiger partial charge in [0.25, 0.3) is 0 Å². The molecule has 2 heterocycles. The van der Waals surface area contributed by atoms with E-state index in [9.17, 15) is 4.39 Å². The summed E-state index contributed by atoms with van der Waals surface area (Å²) in [6.07, 6.45) is 1.43. The third kappa shape index (κ3) is 3.33. The summed E-state index contributed by atoms with van der Waals surface area (Å²) in [5, 5.41) is 6.98. The Morgan fingerprint density at radius 2 is 1.83 bits per heavy atom. The van der Waals surface area contributed by atoms with Crippen LogP contribution in [0, 0.1) is 5.82 Å². The predicted molar refractivity (Wildman–Crippen MR) is 115 cm³/mol. The van der Waals surface area contributed by atoms with Gasteiger partial charge in [-0.1, -0.05) is 59.3 Å². The number of ether oxygens (including phenoxy) is 1. The number of hydrogen-bond donors (Lipinski definition) is 0. The molecule has 0 fully saturated rings. The Morgan fingerprint density at radius 3 is 2.55 bits per heavy atom. The quantitative estimate of drug-likeness (QED) is 0.461. The van der Waals surface area contributed by atoms with Gasteiger partial charge in [0.05, 0.1) is 11.8 Å². The first-order chi connectivity index (χ1) is 14.1. The fourth-order valence-corrected chi connectivity index (χ4v) is 4.39. The van der Waals surface area contributed by atoms with Gasteiger partial charge in [-0.3, -0.25) is 0 Å². The number of hydrazone groups is 1. The third-order valence-electron chi connectivity index (χ3n) is 5.60. The monoisotopic (exact) mass is 450 g/mol. The lowest BCUT2D eigenvalue weighted by Crippen LogP contribution is -2.33. The van der Waals surface area contributed by atoms with Gasteiger partial charge >= 0.3 is 0 Å². The van der Waals surface area contributed by atoms with Crippen molar-refractivity contribution in [2.45, 2.75) is 32.0 Å². The summed E-state index contributed by atoms with van der Waals surface area (Å²) in [5.41, 5.74) is 5.48. The highest BCUT2D eigenvalue weighted by Gasteiger charge is 2.41. The van der Waals surface area contributed by atoms with Crippen molar-refractivity contribution in [2.24, 2.45) is 5.10 Å². The largest absolute Gasteiger partial charge is 0.464 e. The van der Waals surface area contributed by atoms with Crippen molar-refractivity contribution < 1.29 is 9.13 Å². The second-order valence-corrected chi connectivity index (χ2v) is 8.32. The molecule has 0 bridgehead atoms. The van der Waals surface area contributed by atoms with E-state index in [1.54, 1.807) is 12.1 Å². The molecule has 0 N–H and O–H groups in total. The van der Waals surface area contributed by atoms with Crippen LogP contribution in [0.3, 0.4) is 0 Å². The summed E-state index contributed by atoms with van der Waals surface area (Å²) in [4.78, 5) is 0. The van der Waals surface area contributed by atoms with Gasteiger partial charge in [-0.05, 0) is 47.9 Å². The van der Waals surface area contributed by atoms with Crippen molar-refractivity contribution in [1.29, 1.82) is 0 Å². The summed E-state index contributed by atoms with van der Waals surface area (Å²) in [5.74, 6) is 0.591. The molecular formula is C24H20BrFN2O. The average Bonchev–Trinajstić information content (AvgIpc) is 3.20. The number of fused-ring (bicyclic) bond motifs is 3. The number of nitrogens with zero attached hydrogens (tertiary/aromatic N) is 2. The van der Waals surface area contributed by atoms with Crippen LogP contribution in [0.15, 0.2) is 76.3 Å². The van der Waals surface area contributed by atoms with Crippen molar-refractivity contribution in [1.82, 2.24) is 5.01 Å². The molecule has 2 unspecified atom stereocenters. The van der Waals surface area contributed by atoms with Crippen LogP contribution in [0.5, 0.6) is 5.75 Å². The first kappa shape index (κ1) is 18.4. The normalized spacial score (nSPS) is 20.0. The Morgan fingerprint density at radius 1 is 1.07 bits per heavy atom. The molecule has 0 saturated heterocycles. The first-order valence-corrected chi connectivity index (χ1v) is 10.6.